The molecule has 0 aliphatic carbocycles. The number of hydrogen-bond acceptors (Lipinski definition) is 7. The lowest BCUT2D eigenvalue weighted by Gasteiger charge is -2.08. The molecule has 0 aliphatic rings. The quantitative estimate of drug-likeness (QED) is 0.728. The summed E-state index contributed by atoms with van der Waals surface area (Å²) >= 11 is 2.60. The van der Waals surface area contributed by atoms with Gasteiger partial charge in [-0.25, -0.2) is 4.98 Å². The second kappa shape index (κ2) is 8.02. The van der Waals surface area contributed by atoms with E-state index < -0.39 is 5.91 Å². The Kier molecular flexibility index (Phi) is 6.04. The fourth-order valence-corrected chi connectivity index (χ4v) is 3.69. The number of amides is 2. The van der Waals surface area contributed by atoms with Crippen LogP contribution >= 0.6 is 23.1 Å². The molecule has 0 aliphatic heterocycles. The Bertz CT molecular complexity index is 739. The number of ether oxygens (including phenoxy) is 2. The third kappa shape index (κ3) is 4.62. The first-order valence-electron chi connectivity index (χ1n) is 6.86. The molecular weight excluding hydrogens is 350 g/mol. The Labute approximate surface area is 147 Å². The summed E-state index contributed by atoms with van der Waals surface area (Å²) in [5, 5.41) is 3.19. The summed E-state index contributed by atoms with van der Waals surface area (Å²) < 4.78 is 11.2. The van der Waals surface area contributed by atoms with Gasteiger partial charge >= 0.3 is 0 Å². The van der Waals surface area contributed by atoms with Crippen LogP contribution in [-0.2, 0) is 4.79 Å². The van der Waals surface area contributed by atoms with E-state index in [0.717, 1.165) is 9.90 Å². The Hall–Kier alpha value is -2.26. The molecule has 1 aromatic carbocycles. The van der Waals surface area contributed by atoms with Crippen LogP contribution in [0.5, 0.6) is 11.5 Å². The topological polar surface area (TPSA) is 104 Å². The summed E-state index contributed by atoms with van der Waals surface area (Å²) in [6, 6.07) is 4.91. The van der Waals surface area contributed by atoms with Crippen LogP contribution in [0.15, 0.2) is 22.4 Å². The first-order chi connectivity index (χ1) is 11.4. The van der Waals surface area contributed by atoms with Gasteiger partial charge in [-0.1, -0.05) is 11.3 Å². The van der Waals surface area contributed by atoms with Gasteiger partial charge in [-0.05, 0) is 19.1 Å². The van der Waals surface area contributed by atoms with Crippen LogP contribution < -0.4 is 20.5 Å². The number of nitrogens with zero attached hydrogens (tertiary/aromatic N) is 1. The summed E-state index contributed by atoms with van der Waals surface area (Å²) in [5.41, 5.74) is 6.27. The molecule has 7 nitrogen and oxygen atoms in total. The van der Waals surface area contributed by atoms with E-state index in [2.05, 4.69) is 10.3 Å². The zero-order chi connectivity index (χ0) is 17.7. The molecule has 2 amide bonds. The lowest BCUT2D eigenvalue weighted by atomic mass is 10.2. The maximum absolute atomic E-state index is 12.4. The number of aryl methyl sites for hydroxylation is 1. The molecule has 0 atom stereocenters. The van der Waals surface area contributed by atoms with Crippen molar-refractivity contribution in [2.24, 2.45) is 5.73 Å². The molecule has 0 saturated heterocycles. The van der Waals surface area contributed by atoms with Gasteiger partial charge in [0.25, 0.3) is 5.91 Å². The third-order valence-electron chi connectivity index (χ3n) is 2.93. The zero-order valence-electron chi connectivity index (χ0n) is 13.4. The summed E-state index contributed by atoms with van der Waals surface area (Å²) in [6.45, 7) is 1.81. The Morgan fingerprint density at radius 1 is 1.25 bits per heavy atom. The van der Waals surface area contributed by atoms with Crippen LogP contribution in [-0.4, -0.2) is 36.8 Å². The highest BCUT2D eigenvalue weighted by atomic mass is 32.2. The number of methoxy groups -OCH3 is 2. The van der Waals surface area contributed by atoms with Gasteiger partial charge in [0.05, 0.1) is 29.9 Å². The highest BCUT2D eigenvalue weighted by Gasteiger charge is 2.14. The van der Waals surface area contributed by atoms with Crippen molar-refractivity contribution in [3.8, 4) is 11.5 Å². The lowest BCUT2D eigenvalue weighted by Crippen LogP contribution is -2.12. The van der Waals surface area contributed by atoms with Gasteiger partial charge in [0.15, 0.2) is 5.13 Å². The second-order valence-corrected chi connectivity index (χ2v) is 6.95. The number of thioether (sulfide) groups is 1. The van der Waals surface area contributed by atoms with E-state index in [1.807, 2.05) is 6.92 Å². The highest BCUT2D eigenvalue weighted by molar-refractivity contribution is 8.01. The third-order valence-corrected chi connectivity index (χ3v) is 5.39. The molecule has 9 heteroatoms. The van der Waals surface area contributed by atoms with Crippen molar-refractivity contribution in [1.29, 1.82) is 0 Å². The smallest absolute Gasteiger partial charge is 0.257 e. The van der Waals surface area contributed by atoms with E-state index in [1.54, 1.807) is 18.2 Å². The zero-order valence-corrected chi connectivity index (χ0v) is 15.0. The maximum Gasteiger partial charge on any atom is 0.257 e. The first kappa shape index (κ1) is 18.1. The number of hydrogen-bond donors (Lipinski definition) is 2. The number of thiazole rings is 1. The molecule has 0 radical (unpaired) electrons. The normalized spacial score (nSPS) is 10.3. The van der Waals surface area contributed by atoms with Crippen LogP contribution in [0.1, 0.15) is 16.1 Å². The van der Waals surface area contributed by atoms with Crippen LogP contribution in [0.4, 0.5) is 5.13 Å². The molecule has 128 valence electrons. The number of nitrogens with two attached hydrogens (primary N) is 1. The molecule has 3 N–H and O–H groups in total. The van der Waals surface area contributed by atoms with Crippen molar-refractivity contribution in [3.63, 3.8) is 0 Å². The van der Waals surface area contributed by atoms with E-state index in [9.17, 15) is 9.59 Å². The van der Waals surface area contributed by atoms with E-state index in [4.69, 9.17) is 15.2 Å². The molecule has 0 spiro atoms. The van der Waals surface area contributed by atoms with E-state index in [0.29, 0.717) is 22.2 Å². The number of nitrogens with one attached hydrogen (secondary N) is 1. The van der Waals surface area contributed by atoms with Gasteiger partial charge in [-0.3, -0.25) is 14.9 Å². The molecule has 1 aromatic heterocycles. The Balaban J connectivity index is 2.15. The SMILES string of the molecule is COc1cc(OC)cc(C(=O)Nc2nc(C)c(SCC(N)=O)s2)c1. The summed E-state index contributed by atoms with van der Waals surface area (Å²) in [7, 11) is 3.03. The minimum absolute atomic E-state index is 0.170. The predicted molar refractivity (Wildman–Crippen MR) is 94.3 cm³/mol. The minimum Gasteiger partial charge on any atom is -0.497 e. The fraction of sp³-hybridized carbons (Fsp3) is 0.267. The van der Waals surface area contributed by atoms with E-state index >= 15 is 0 Å². The summed E-state index contributed by atoms with van der Waals surface area (Å²) in [4.78, 5) is 27.6. The number of rotatable bonds is 7. The molecule has 0 fully saturated rings. The Morgan fingerprint density at radius 3 is 2.42 bits per heavy atom. The highest BCUT2D eigenvalue weighted by Crippen LogP contribution is 2.32. The number of primary amides is 1. The van der Waals surface area contributed by atoms with E-state index in [1.165, 1.54) is 37.3 Å². The van der Waals surface area contributed by atoms with Crippen molar-refractivity contribution in [2.75, 3.05) is 25.3 Å². The standard InChI is InChI=1S/C15H17N3O4S2/c1-8-14(23-7-12(16)19)24-15(17-8)18-13(20)9-4-10(21-2)6-11(5-9)22-3/h4-6H,7H2,1-3H3,(H2,16,19)(H,17,18,20). The Morgan fingerprint density at radius 2 is 1.88 bits per heavy atom. The van der Waals surface area contributed by atoms with Crippen LogP contribution in [0, 0.1) is 6.92 Å². The van der Waals surface area contributed by atoms with Gasteiger partial charge in [-0.15, -0.1) is 11.8 Å². The maximum atomic E-state index is 12.4. The van der Waals surface area contributed by atoms with Crippen LogP contribution in [0.25, 0.3) is 0 Å². The number of benzene rings is 1. The monoisotopic (exact) mass is 367 g/mol. The van der Waals surface area contributed by atoms with Gasteiger partial charge in [0.1, 0.15) is 11.5 Å². The van der Waals surface area contributed by atoms with Crippen molar-refractivity contribution < 1.29 is 19.1 Å². The van der Waals surface area contributed by atoms with Crippen molar-refractivity contribution in [2.45, 2.75) is 11.1 Å². The average molecular weight is 367 g/mol. The lowest BCUT2D eigenvalue weighted by molar-refractivity contribution is -0.115. The van der Waals surface area contributed by atoms with E-state index in [-0.39, 0.29) is 11.7 Å². The second-order valence-electron chi connectivity index (χ2n) is 4.70. The predicted octanol–water partition coefficient (Wildman–Crippen LogP) is 2.30. The van der Waals surface area contributed by atoms with Gasteiger partial charge in [-0.2, -0.15) is 0 Å². The van der Waals surface area contributed by atoms with Gasteiger partial charge in [0.2, 0.25) is 5.91 Å². The number of carbonyl (C=O) groups is 2. The van der Waals surface area contributed by atoms with Gasteiger partial charge < -0.3 is 15.2 Å². The van der Waals surface area contributed by atoms with Crippen molar-refractivity contribution in [3.05, 3.63) is 29.5 Å². The molecular formula is C15H17N3O4S2. The van der Waals surface area contributed by atoms with Crippen molar-refractivity contribution in [1.82, 2.24) is 4.98 Å². The summed E-state index contributed by atoms with van der Waals surface area (Å²) in [6.07, 6.45) is 0. The molecule has 0 unspecified atom stereocenters. The molecule has 1 heterocycles. The molecule has 2 rings (SSSR count). The first-order valence-corrected chi connectivity index (χ1v) is 8.66. The van der Waals surface area contributed by atoms with Crippen LogP contribution in [0.2, 0.25) is 0 Å². The molecule has 0 bridgehead atoms. The fourth-order valence-electron chi connectivity index (χ4n) is 1.81. The molecule has 2 aromatic rings. The largest absolute Gasteiger partial charge is 0.497 e. The van der Waals surface area contributed by atoms with Crippen LogP contribution in [0.3, 0.4) is 0 Å². The summed E-state index contributed by atoms with van der Waals surface area (Å²) in [5.74, 6) is 0.484. The number of carbonyl (C=O) groups excluding carboxylic acids is 2. The van der Waals surface area contributed by atoms with Crippen molar-refractivity contribution >= 4 is 40.0 Å². The molecule has 24 heavy (non-hydrogen) atoms. The number of anilines is 1. The number of aromatic nitrogens is 1. The molecule has 0 saturated carbocycles. The van der Waals surface area contributed by atoms with Gasteiger partial charge in [0, 0.05) is 11.6 Å². The minimum atomic E-state index is -0.401. The average Bonchev–Trinajstić information content (AvgIpc) is 2.91.